The van der Waals surface area contributed by atoms with Gasteiger partial charge in [0.2, 0.25) is 0 Å². The van der Waals surface area contributed by atoms with Crippen molar-refractivity contribution >= 4 is 11.6 Å². The molecule has 0 aliphatic rings. The molecule has 6 nitrogen and oxygen atoms in total. The number of amides is 1. The van der Waals surface area contributed by atoms with Crippen molar-refractivity contribution < 1.29 is 19.0 Å². The van der Waals surface area contributed by atoms with E-state index in [0.717, 1.165) is 5.56 Å². The fourth-order valence-electron chi connectivity index (χ4n) is 2.64. The van der Waals surface area contributed by atoms with Crippen molar-refractivity contribution in [2.45, 2.75) is 13.5 Å². The zero-order valence-electron chi connectivity index (χ0n) is 15.8. The van der Waals surface area contributed by atoms with E-state index in [1.165, 1.54) is 0 Å². The first kappa shape index (κ1) is 19.2. The molecule has 0 unspecified atom stereocenters. The number of methoxy groups -OCH3 is 1. The number of carbonyl (C=O) groups excluding carboxylic acids is 1. The second-order valence-electron chi connectivity index (χ2n) is 5.89. The van der Waals surface area contributed by atoms with Gasteiger partial charge in [0, 0.05) is 24.1 Å². The van der Waals surface area contributed by atoms with E-state index >= 15 is 0 Å². The van der Waals surface area contributed by atoms with Crippen LogP contribution in [0, 0.1) is 0 Å². The minimum Gasteiger partial charge on any atom is -0.493 e. The molecule has 144 valence electrons. The molecular weight excluding hydrogens is 356 g/mol. The summed E-state index contributed by atoms with van der Waals surface area (Å²) in [4.78, 5) is 16.7. The fraction of sp³-hybridized carbons (Fsp3) is 0.182. The van der Waals surface area contributed by atoms with E-state index in [1.54, 1.807) is 55.9 Å². The Hall–Kier alpha value is -3.54. The maximum Gasteiger partial charge on any atom is 0.259 e. The summed E-state index contributed by atoms with van der Waals surface area (Å²) in [7, 11) is 1.57. The zero-order valence-corrected chi connectivity index (χ0v) is 15.8. The van der Waals surface area contributed by atoms with Crippen molar-refractivity contribution in [2.24, 2.45) is 0 Å². The number of aromatic nitrogens is 1. The van der Waals surface area contributed by atoms with Crippen LogP contribution in [-0.2, 0) is 6.61 Å². The lowest BCUT2D eigenvalue weighted by atomic mass is 10.1. The lowest BCUT2D eigenvalue weighted by Crippen LogP contribution is -2.13. The molecule has 0 saturated heterocycles. The molecule has 0 aliphatic carbocycles. The van der Waals surface area contributed by atoms with Crippen molar-refractivity contribution in [2.75, 3.05) is 19.0 Å². The summed E-state index contributed by atoms with van der Waals surface area (Å²) in [6, 6.07) is 16.1. The highest BCUT2D eigenvalue weighted by Gasteiger charge is 2.14. The van der Waals surface area contributed by atoms with Crippen LogP contribution in [0.15, 0.2) is 67.0 Å². The van der Waals surface area contributed by atoms with Gasteiger partial charge in [0.1, 0.15) is 12.4 Å². The van der Waals surface area contributed by atoms with E-state index in [1.807, 2.05) is 25.1 Å². The predicted molar refractivity (Wildman–Crippen MR) is 107 cm³/mol. The number of hydrogen-bond acceptors (Lipinski definition) is 5. The van der Waals surface area contributed by atoms with Crippen LogP contribution in [0.25, 0.3) is 0 Å². The number of ether oxygens (including phenoxy) is 3. The van der Waals surface area contributed by atoms with Gasteiger partial charge in [-0.15, -0.1) is 0 Å². The highest BCUT2D eigenvalue weighted by atomic mass is 16.5. The lowest BCUT2D eigenvalue weighted by molar-refractivity contribution is 0.102. The molecule has 2 aromatic carbocycles. The van der Waals surface area contributed by atoms with Gasteiger partial charge >= 0.3 is 0 Å². The highest BCUT2D eigenvalue weighted by Crippen LogP contribution is 2.31. The Bertz CT molecular complexity index is 929. The van der Waals surface area contributed by atoms with E-state index in [2.05, 4.69) is 10.3 Å². The Morgan fingerprint density at radius 1 is 0.964 bits per heavy atom. The molecule has 1 aromatic heterocycles. The van der Waals surface area contributed by atoms with Crippen molar-refractivity contribution in [1.82, 2.24) is 4.98 Å². The SMILES string of the molecule is CCOc1ccccc1C(=O)Nc1ccc(OC)c(OCc2ccncc2)c1. The van der Waals surface area contributed by atoms with E-state index in [4.69, 9.17) is 14.2 Å². The van der Waals surface area contributed by atoms with Crippen LogP contribution in [0.3, 0.4) is 0 Å². The molecule has 1 N–H and O–H groups in total. The van der Waals surface area contributed by atoms with Gasteiger partial charge in [-0.3, -0.25) is 9.78 Å². The Morgan fingerprint density at radius 3 is 2.50 bits per heavy atom. The fourth-order valence-corrected chi connectivity index (χ4v) is 2.64. The number of pyridine rings is 1. The maximum absolute atomic E-state index is 12.7. The quantitative estimate of drug-likeness (QED) is 0.632. The Morgan fingerprint density at radius 2 is 1.75 bits per heavy atom. The summed E-state index contributed by atoms with van der Waals surface area (Å²) < 4.78 is 16.8. The first-order chi connectivity index (χ1) is 13.7. The summed E-state index contributed by atoms with van der Waals surface area (Å²) in [6.45, 7) is 2.73. The van der Waals surface area contributed by atoms with Crippen LogP contribution in [-0.4, -0.2) is 24.6 Å². The smallest absolute Gasteiger partial charge is 0.259 e. The van der Waals surface area contributed by atoms with Gasteiger partial charge in [-0.25, -0.2) is 0 Å². The van der Waals surface area contributed by atoms with E-state index < -0.39 is 0 Å². The van der Waals surface area contributed by atoms with Gasteiger partial charge in [0.15, 0.2) is 11.5 Å². The summed E-state index contributed by atoms with van der Waals surface area (Å²) in [5.41, 5.74) is 2.05. The standard InChI is InChI=1S/C22H22N2O4/c1-3-27-19-7-5-4-6-18(19)22(25)24-17-8-9-20(26-2)21(14-17)28-15-16-10-12-23-13-11-16/h4-14H,3,15H2,1-2H3,(H,24,25). The number of carbonyl (C=O) groups is 1. The van der Waals surface area contributed by atoms with Crippen LogP contribution in [0.1, 0.15) is 22.8 Å². The molecule has 0 radical (unpaired) electrons. The molecule has 0 saturated carbocycles. The third-order valence-electron chi connectivity index (χ3n) is 4.00. The third-order valence-corrected chi connectivity index (χ3v) is 4.00. The number of nitrogens with zero attached hydrogens (tertiary/aromatic N) is 1. The average Bonchev–Trinajstić information content (AvgIpc) is 2.74. The monoisotopic (exact) mass is 378 g/mol. The number of hydrogen-bond donors (Lipinski definition) is 1. The van der Waals surface area contributed by atoms with Crippen LogP contribution in [0.2, 0.25) is 0 Å². The molecule has 0 aliphatic heterocycles. The molecule has 0 fully saturated rings. The zero-order chi connectivity index (χ0) is 19.8. The van der Waals surface area contributed by atoms with Gasteiger partial charge in [0.05, 0.1) is 19.3 Å². The Balaban J connectivity index is 1.76. The highest BCUT2D eigenvalue weighted by molar-refractivity contribution is 6.06. The Labute approximate surface area is 164 Å². The van der Waals surface area contributed by atoms with Gasteiger partial charge in [-0.05, 0) is 48.9 Å². The molecule has 3 rings (SSSR count). The number of anilines is 1. The summed E-state index contributed by atoms with van der Waals surface area (Å²) in [5, 5.41) is 2.88. The second kappa shape index (κ2) is 9.41. The van der Waals surface area contributed by atoms with Crippen LogP contribution >= 0.6 is 0 Å². The third kappa shape index (κ3) is 4.79. The first-order valence-electron chi connectivity index (χ1n) is 8.94. The Kier molecular flexibility index (Phi) is 6.46. The minimum atomic E-state index is -0.255. The van der Waals surface area contributed by atoms with Gasteiger partial charge in [0.25, 0.3) is 5.91 Å². The molecular formula is C22H22N2O4. The van der Waals surface area contributed by atoms with E-state index in [-0.39, 0.29) is 5.91 Å². The topological polar surface area (TPSA) is 69.7 Å². The van der Waals surface area contributed by atoms with Crippen molar-refractivity contribution in [3.8, 4) is 17.2 Å². The molecule has 1 amide bonds. The number of rotatable bonds is 8. The largest absolute Gasteiger partial charge is 0.493 e. The number of nitrogens with one attached hydrogen (secondary N) is 1. The van der Waals surface area contributed by atoms with E-state index in [0.29, 0.717) is 41.7 Å². The van der Waals surface area contributed by atoms with Crippen LogP contribution in [0.4, 0.5) is 5.69 Å². The molecule has 28 heavy (non-hydrogen) atoms. The molecule has 1 heterocycles. The van der Waals surface area contributed by atoms with Crippen LogP contribution in [0.5, 0.6) is 17.2 Å². The molecule has 6 heteroatoms. The normalized spacial score (nSPS) is 10.2. The molecule has 0 bridgehead atoms. The van der Waals surface area contributed by atoms with Crippen molar-refractivity contribution in [1.29, 1.82) is 0 Å². The van der Waals surface area contributed by atoms with E-state index in [9.17, 15) is 4.79 Å². The lowest BCUT2D eigenvalue weighted by Gasteiger charge is -2.14. The number of benzene rings is 2. The average molecular weight is 378 g/mol. The van der Waals surface area contributed by atoms with Gasteiger partial charge < -0.3 is 19.5 Å². The van der Waals surface area contributed by atoms with Crippen molar-refractivity contribution in [3.63, 3.8) is 0 Å². The van der Waals surface area contributed by atoms with Gasteiger partial charge in [-0.1, -0.05) is 12.1 Å². The predicted octanol–water partition coefficient (Wildman–Crippen LogP) is 4.32. The summed E-state index contributed by atoms with van der Waals surface area (Å²) in [5.74, 6) is 1.41. The molecule has 0 atom stereocenters. The molecule has 0 spiro atoms. The maximum atomic E-state index is 12.7. The summed E-state index contributed by atoms with van der Waals surface area (Å²) in [6.07, 6.45) is 3.42. The number of para-hydroxylation sites is 1. The van der Waals surface area contributed by atoms with Gasteiger partial charge in [-0.2, -0.15) is 0 Å². The second-order valence-corrected chi connectivity index (χ2v) is 5.89. The molecule has 3 aromatic rings. The first-order valence-corrected chi connectivity index (χ1v) is 8.94. The summed E-state index contributed by atoms with van der Waals surface area (Å²) >= 11 is 0. The van der Waals surface area contributed by atoms with Crippen LogP contribution < -0.4 is 19.5 Å². The minimum absolute atomic E-state index is 0.255. The van der Waals surface area contributed by atoms with Crippen molar-refractivity contribution in [3.05, 3.63) is 78.1 Å².